The molecule has 0 spiro atoms. The molecule has 1 unspecified atom stereocenters. The van der Waals surface area contributed by atoms with Crippen LogP contribution >= 0.6 is 0 Å². The number of β-amino-alcohol motifs (C(OH)–C–C–N with tert-alkyl or cyclic N) is 1. The van der Waals surface area contributed by atoms with E-state index in [1.165, 1.54) is 0 Å². The van der Waals surface area contributed by atoms with Crippen molar-refractivity contribution < 1.29 is 9.90 Å². The molecular formula is C12H17N3O2. The van der Waals surface area contributed by atoms with Gasteiger partial charge in [-0.15, -0.1) is 0 Å². The molecule has 3 rings (SSSR count). The molecule has 1 aromatic rings. The molecular weight excluding hydrogens is 218 g/mol. The summed E-state index contributed by atoms with van der Waals surface area (Å²) in [6.07, 6.45) is 5.96. The van der Waals surface area contributed by atoms with Crippen LogP contribution in [0.3, 0.4) is 0 Å². The van der Waals surface area contributed by atoms with E-state index in [2.05, 4.69) is 9.55 Å². The first-order valence-corrected chi connectivity index (χ1v) is 6.23. The van der Waals surface area contributed by atoms with Crippen molar-refractivity contribution in [1.29, 1.82) is 0 Å². The third kappa shape index (κ3) is 1.84. The molecule has 1 saturated heterocycles. The van der Waals surface area contributed by atoms with Crippen LogP contribution in [0.5, 0.6) is 0 Å². The quantitative estimate of drug-likeness (QED) is 0.764. The van der Waals surface area contributed by atoms with Gasteiger partial charge >= 0.3 is 0 Å². The van der Waals surface area contributed by atoms with Crippen LogP contribution in [0.2, 0.25) is 0 Å². The topological polar surface area (TPSA) is 58.4 Å². The van der Waals surface area contributed by atoms with Crippen LogP contribution in [0.1, 0.15) is 31.0 Å². The summed E-state index contributed by atoms with van der Waals surface area (Å²) in [5, 5.41) is 9.49. The lowest BCUT2D eigenvalue weighted by atomic mass is 9.97. The molecule has 17 heavy (non-hydrogen) atoms. The van der Waals surface area contributed by atoms with Crippen LogP contribution in [0.15, 0.2) is 12.4 Å². The van der Waals surface area contributed by atoms with Gasteiger partial charge in [0.2, 0.25) is 5.91 Å². The molecule has 0 saturated carbocycles. The molecule has 2 atom stereocenters. The zero-order chi connectivity index (χ0) is 11.8. The van der Waals surface area contributed by atoms with E-state index in [4.69, 9.17) is 0 Å². The van der Waals surface area contributed by atoms with E-state index in [-0.39, 0.29) is 17.9 Å². The lowest BCUT2D eigenvalue weighted by Crippen LogP contribution is -2.36. The number of fused-ring (bicyclic) bond motifs is 1. The van der Waals surface area contributed by atoms with Gasteiger partial charge in [-0.05, 0) is 19.3 Å². The Hall–Kier alpha value is -1.36. The van der Waals surface area contributed by atoms with Gasteiger partial charge in [0, 0.05) is 32.0 Å². The summed E-state index contributed by atoms with van der Waals surface area (Å²) < 4.78 is 2.07. The Morgan fingerprint density at radius 3 is 3.06 bits per heavy atom. The lowest BCUT2D eigenvalue weighted by molar-refractivity contribution is -0.132. The molecule has 92 valence electrons. The zero-order valence-electron chi connectivity index (χ0n) is 9.75. The number of nitrogens with zero attached hydrogens (tertiary/aromatic N) is 3. The summed E-state index contributed by atoms with van der Waals surface area (Å²) in [6, 6.07) is 0. The maximum absolute atomic E-state index is 12.4. The van der Waals surface area contributed by atoms with Gasteiger partial charge in [0.1, 0.15) is 5.82 Å². The molecule has 1 amide bonds. The summed E-state index contributed by atoms with van der Waals surface area (Å²) in [6.45, 7) is 2.12. The Kier molecular flexibility index (Phi) is 2.63. The standard InChI is InChI=1S/C12H17N3O2/c16-9-3-6-15(8-9)12(17)10-2-1-5-14-7-4-13-11(10)14/h4,7,9-10,16H,1-3,5-6,8H2/t9-,10?/m1/s1. The highest BCUT2D eigenvalue weighted by atomic mass is 16.3. The molecule has 2 aliphatic rings. The van der Waals surface area contributed by atoms with Gasteiger partial charge in [-0.3, -0.25) is 4.79 Å². The third-order valence-electron chi connectivity index (χ3n) is 3.72. The van der Waals surface area contributed by atoms with Crippen LogP contribution < -0.4 is 0 Å². The Morgan fingerprint density at radius 2 is 2.29 bits per heavy atom. The van der Waals surface area contributed by atoms with E-state index >= 15 is 0 Å². The number of aromatic nitrogens is 2. The van der Waals surface area contributed by atoms with Crippen LogP contribution in [0.25, 0.3) is 0 Å². The van der Waals surface area contributed by atoms with Crippen molar-refractivity contribution in [2.45, 2.75) is 37.8 Å². The van der Waals surface area contributed by atoms with Crippen molar-refractivity contribution in [2.24, 2.45) is 0 Å². The Morgan fingerprint density at radius 1 is 1.41 bits per heavy atom. The van der Waals surface area contributed by atoms with Crippen LogP contribution in [-0.2, 0) is 11.3 Å². The smallest absolute Gasteiger partial charge is 0.233 e. The average Bonchev–Trinajstić information content (AvgIpc) is 2.95. The summed E-state index contributed by atoms with van der Waals surface area (Å²) in [4.78, 5) is 18.4. The second-order valence-electron chi connectivity index (χ2n) is 4.90. The molecule has 1 fully saturated rings. The number of likely N-dealkylation sites (tertiary alicyclic amines) is 1. The van der Waals surface area contributed by atoms with E-state index in [1.54, 1.807) is 11.1 Å². The number of carbonyl (C=O) groups is 1. The van der Waals surface area contributed by atoms with Gasteiger partial charge < -0.3 is 14.6 Å². The van der Waals surface area contributed by atoms with Gasteiger partial charge in [0.15, 0.2) is 0 Å². The van der Waals surface area contributed by atoms with Crippen molar-refractivity contribution in [3.8, 4) is 0 Å². The van der Waals surface area contributed by atoms with E-state index in [9.17, 15) is 9.90 Å². The highest BCUT2D eigenvalue weighted by Gasteiger charge is 2.34. The Bertz CT molecular complexity index is 429. The van der Waals surface area contributed by atoms with E-state index < -0.39 is 0 Å². The molecule has 1 aromatic heterocycles. The van der Waals surface area contributed by atoms with Crippen LogP contribution in [0.4, 0.5) is 0 Å². The summed E-state index contributed by atoms with van der Waals surface area (Å²) in [7, 11) is 0. The van der Waals surface area contributed by atoms with Gasteiger partial charge in [0.25, 0.3) is 0 Å². The van der Waals surface area contributed by atoms with Crippen molar-refractivity contribution in [3.05, 3.63) is 18.2 Å². The molecule has 0 radical (unpaired) electrons. The first kappa shape index (κ1) is 10.8. The summed E-state index contributed by atoms with van der Waals surface area (Å²) >= 11 is 0. The van der Waals surface area contributed by atoms with Crippen molar-refractivity contribution in [3.63, 3.8) is 0 Å². The van der Waals surface area contributed by atoms with Gasteiger partial charge in [-0.2, -0.15) is 0 Å². The molecule has 5 heteroatoms. The fourth-order valence-corrected chi connectivity index (χ4v) is 2.81. The molecule has 0 aliphatic carbocycles. The number of aryl methyl sites for hydroxylation is 1. The minimum Gasteiger partial charge on any atom is -0.391 e. The number of rotatable bonds is 1. The second kappa shape index (κ2) is 4.14. The first-order valence-electron chi connectivity index (χ1n) is 6.23. The maximum atomic E-state index is 12.4. The molecule has 2 aliphatic heterocycles. The van der Waals surface area contributed by atoms with Crippen molar-refractivity contribution in [1.82, 2.24) is 14.5 Å². The van der Waals surface area contributed by atoms with Gasteiger partial charge in [0.05, 0.1) is 12.0 Å². The summed E-state index contributed by atoms with van der Waals surface area (Å²) in [5.41, 5.74) is 0. The SMILES string of the molecule is O=C(C1CCCn2ccnc21)N1CC[C@@H](O)C1. The first-order chi connectivity index (χ1) is 8.25. The van der Waals surface area contributed by atoms with E-state index in [0.29, 0.717) is 19.5 Å². The fourth-order valence-electron chi connectivity index (χ4n) is 2.81. The normalized spacial score (nSPS) is 28.2. The zero-order valence-corrected chi connectivity index (χ0v) is 9.75. The minimum atomic E-state index is -0.345. The number of hydrogen-bond donors (Lipinski definition) is 1. The number of carbonyl (C=O) groups excluding carboxylic acids is 1. The molecule has 3 heterocycles. The molecule has 0 bridgehead atoms. The number of hydrogen-bond acceptors (Lipinski definition) is 3. The Balaban J connectivity index is 1.80. The number of aliphatic hydroxyl groups excluding tert-OH is 1. The highest BCUT2D eigenvalue weighted by Crippen LogP contribution is 2.28. The maximum Gasteiger partial charge on any atom is 0.233 e. The number of imidazole rings is 1. The molecule has 1 N–H and O–H groups in total. The van der Waals surface area contributed by atoms with E-state index in [1.807, 2.05) is 6.20 Å². The van der Waals surface area contributed by atoms with Gasteiger partial charge in [-0.1, -0.05) is 0 Å². The van der Waals surface area contributed by atoms with Crippen LogP contribution in [0, 0.1) is 0 Å². The second-order valence-corrected chi connectivity index (χ2v) is 4.90. The van der Waals surface area contributed by atoms with Crippen molar-refractivity contribution >= 4 is 5.91 Å². The predicted molar refractivity (Wildman–Crippen MR) is 61.4 cm³/mol. The highest BCUT2D eigenvalue weighted by molar-refractivity contribution is 5.83. The largest absolute Gasteiger partial charge is 0.391 e. The minimum absolute atomic E-state index is 0.107. The van der Waals surface area contributed by atoms with Crippen LogP contribution in [-0.4, -0.2) is 44.7 Å². The molecule has 0 aromatic carbocycles. The fraction of sp³-hybridized carbons (Fsp3) is 0.667. The third-order valence-corrected chi connectivity index (χ3v) is 3.72. The van der Waals surface area contributed by atoms with Crippen molar-refractivity contribution in [2.75, 3.05) is 13.1 Å². The number of amides is 1. The molecule has 5 nitrogen and oxygen atoms in total. The van der Waals surface area contributed by atoms with Gasteiger partial charge in [-0.25, -0.2) is 4.98 Å². The predicted octanol–water partition coefficient (Wildman–Crippen LogP) is 0.354. The number of aliphatic hydroxyl groups is 1. The lowest BCUT2D eigenvalue weighted by Gasteiger charge is -2.26. The summed E-state index contributed by atoms with van der Waals surface area (Å²) in [5.74, 6) is 0.917. The van der Waals surface area contributed by atoms with E-state index in [0.717, 1.165) is 25.2 Å². The monoisotopic (exact) mass is 235 g/mol. The Labute approximate surface area is 100 Å². The average molecular weight is 235 g/mol.